The third-order valence-electron chi connectivity index (χ3n) is 3.75. The van der Waals surface area contributed by atoms with E-state index in [1.54, 1.807) is 18.2 Å². The number of thioether (sulfide) groups is 1. The fourth-order valence-electron chi connectivity index (χ4n) is 2.25. The van der Waals surface area contributed by atoms with Gasteiger partial charge in [-0.3, -0.25) is 10.1 Å². The highest BCUT2D eigenvalue weighted by Gasteiger charge is 2.07. The molecule has 0 aliphatic carbocycles. The molecule has 144 valence electrons. The molecule has 3 aromatic rings. The Morgan fingerprint density at radius 3 is 2.54 bits per heavy atom. The van der Waals surface area contributed by atoms with Crippen molar-refractivity contribution < 1.29 is 9.18 Å². The summed E-state index contributed by atoms with van der Waals surface area (Å²) in [4.78, 5) is 14.1. The summed E-state index contributed by atoms with van der Waals surface area (Å²) in [5.41, 5.74) is 3.03. The van der Waals surface area contributed by atoms with E-state index in [4.69, 9.17) is 0 Å². The number of hydrogen-bond acceptors (Lipinski definition) is 6. The van der Waals surface area contributed by atoms with E-state index in [-0.39, 0.29) is 11.7 Å². The van der Waals surface area contributed by atoms with Gasteiger partial charge in [0.05, 0.1) is 0 Å². The van der Waals surface area contributed by atoms with Crippen LogP contribution in [0, 0.1) is 5.82 Å². The first kappa shape index (κ1) is 20.0. The molecule has 0 aliphatic rings. The Hall–Kier alpha value is -2.71. The predicted molar refractivity (Wildman–Crippen MR) is 114 cm³/mol. The van der Waals surface area contributed by atoms with Gasteiger partial charge in [0.1, 0.15) is 5.82 Å². The largest absolute Gasteiger partial charge is 0.378 e. The normalized spacial score (nSPS) is 11.0. The van der Waals surface area contributed by atoms with Gasteiger partial charge in [0, 0.05) is 31.6 Å². The van der Waals surface area contributed by atoms with Crippen LogP contribution < -0.4 is 10.2 Å². The summed E-state index contributed by atoms with van der Waals surface area (Å²) in [5.74, 6) is 0.144. The van der Waals surface area contributed by atoms with Crippen molar-refractivity contribution in [1.29, 1.82) is 0 Å². The van der Waals surface area contributed by atoms with Gasteiger partial charge in [-0.2, -0.15) is 0 Å². The second-order valence-corrected chi connectivity index (χ2v) is 8.30. The molecule has 5 nitrogen and oxygen atoms in total. The fourth-order valence-corrected chi connectivity index (χ4v) is 3.96. The first-order chi connectivity index (χ1) is 13.5. The molecule has 0 bridgehead atoms. The maximum atomic E-state index is 12.9. The number of nitrogens with zero attached hydrogens (tertiary/aromatic N) is 3. The van der Waals surface area contributed by atoms with Gasteiger partial charge in [0.25, 0.3) is 0 Å². The topological polar surface area (TPSA) is 58.1 Å². The third kappa shape index (κ3) is 5.90. The summed E-state index contributed by atoms with van der Waals surface area (Å²) in [6, 6.07) is 14.2. The minimum absolute atomic E-state index is 0.253. The third-order valence-corrected chi connectivity index (χ3v) is 5.79. The Balaban J connectivity index is 1.51. The molecule has 3 rings (SSSR count). The zero-order valence-corrected chi connectivity index (χ0v) is 17.1. The van der Waals surface area contributed by atoms with Crippen LogP contribution in [0.2, 0.25) is 0 Å². The number of aromatic nitrogens is 2. The number of carbonyl (C=O) groups is 1. The molecule has 0 atom stereocenters. The average Bonchev–Trinajstić information content (AvgIpc) is 3.13. The van der Waals surface area contributed by atoms with Gasteiger partial charge in [-0.05, 0) is 41.5 Å². The van der Waals surface area contributed by atoms with E-state index < -0.39 is 0 Å². The quantitative estimate of drug-likeness (QED) is 0.345. The van der Waals surface area contributed by atoms with E-state index in [9.17, 15) is 9.18 Å². The number of rotatable bonds is 7. The molecule has 0 spiro atoms. The minimum atomic E-state index is -0.261. The first-order valence-corrected chi connectivity index (χ1v) is 10.3. The van der Waals surface area contributed by atoms with Crippen molar-refractivity contribution in [2.75, 3.05) is 24.3 Å². The number of anilines is 2. The summed E-state index contributed by atoms with van der Waals surface area (Å²) in [6.07, 6.45) is 3.22. The summed E-state index contributed by atoms with van der Waals surface area (Å²) < 4.78 is 13.7. The fraction of sp³-hybridized carbons (Fsp3) is 0.150. The van der Waals surface area contributed by atoms with Crippen molar-refractivity contribution in [2.45, 2.75) is 10.1 Å². The van der Waals surface area contributed by atoms with Gasteiger partial charge in [-0.1, -0.05) is 47.4 Å². The average molecular weight is 415 g/mol. The molecule has 1 heterocycles. The summed E-state index contributed by atoms with van der Waals surface area (Å²) in [7, 11) is 3.96. The second kappa shape index (κ2) is 9.48. The van der Waals surface area contributed by atoms with Crippen LogP contribution in [-0.2, 0) is 10.5 Å². The molecule has 1 amide bonds. The molecule has 1 N–H and O–H groups in total. The summed E-state index contributed by atoms with van der Waals surface area (Å²) in [5, 5.41) is 11.2. The van der Waals surface area contributed by atoms with Crippen molar-refractivity contribution in [3.63, 3.8) is 0 Å². The molecule has 0 saturated carbocycles. The molecule has 0 unspecified atom stereocenters. The molecule has 0 saturated heterocycles. The number of amides is 1. The van der Waals surface area contributed by atoms with E-state index in [2.05, 4.69) is 15.5 Å². The number of hydrogen-bond donors (Lipinski definition) is 1. The number of halogens is 1. The molecule has 2 aromatic carbocycles. The number of carbonyl (C=O) groups excluding carboxylic acids is 1. The Morgan fingerprint density at radius 1 is 1.14 bits per heavy atom. The van der Waals surface area contributed by atoms with Crippen molar-refractivity contribution in [3.05, 3.63) is 71.6 Å². The smallest absolute Gasteiger partial charge is 0.250 e. The van der Waals surface area contributed by atoms with Gasteiger partial charge in [-0.15, -0.1) is 10.2 Å². The van der Waals surface area contributed by atoms with Gasteiger partial charge in [0.2, 0.25) is 11.0 Å². The SMILES string of the molecule is CN(C)c1ccc(/C=C/C(=O)Nc2nnc(SCc3ccc(F)cc3)s2)cc1. The van der Waals surface area contributed by atoms with Crippen molar-refractivity contribution in [3.8, 4) is 0 Å². The van der Waals surface area contributed by atoms with E-state index in [0.29, 0.717) is 10.9 Å². The van der Waals surface area contributed by atoms with Crippen molar-refractivity contribution in [1.82, 2.24) is 10.2 Å². The van der Waals surface area contributed by atoms with Gasteiger partial charge in [-0.25, -0.2) is 4.39 Å². The first-order valence-electron chi connectivity index (χ1n) is 8.47. The van der Waals surface area contributed by atoms with Crippen LogP contribution in [0.1, 0.15) is 11.1 Å². The van der Waals surface area contributed by atoms with Gasteiger partial charge < -0.3 is 4.90 Å². The molecule has 28 heavy (non-hydrogen) atoms. The monoisotopic (exact) mass is 414 g/mol. The maximum Gasteiger partial charge on any atom is 0.250 e. The minimum Gasteiger partial charge on any atom is -0.378 e. The van der Waals surface area contributed by atoms with Crippen molar-refractivity contribution >= 4 is 45.9 Å². The Labute approximate surface area is 171 Å². The molecule has 0 radical (unpaired) electrons. The zero-order chi connectivity index (χ0) is 19.9. The lowest BCUT2D eigenvalue weighted by Crippen LogP contribution is -2.08. The van der Waals surface area contributed by atoms with Crippen LogP contribution >= 0.6 is 23.1 Å². The highest BCUT2D eigenvalue weighted by atomic mass is 32.2. The van der Waals surface area contributed by atoms with Crippen LogP contribution in [0.5, 0.6) is 0 Å². The summed E-state index contributed by atoms with van der Waals surface area (Å²) in [6.45, 7) is 0. The van der Waals surface area contributed by atoms with Crippen LogP contribution in [-0.4, -0.2) is 30.2 Å². The van der Waals surface area contributed by atoms with Gasteiger partial charge in [0.15, 0.2) is 4.34 Å². The molecular weight excluding hydrogens is 395 g/mol. The van der Waals surface area contributed by atoms with Crippen LogP contribution in [0.15, 0.2) is 58.9 Å². The van der Waals surface area contributed by atoms with Crippen molar-refractivity contribution in [2.24, 2.45) is 0 Å². The predicted octanol–water partition coefficient (Wildman–Crippen LogP) is 4.69. The Kier molecular flexibility index (Phi) is 6.78. The molecular formula is C20H19FN4OS2. The van der Waals surface area contributed by atoms with Crippen LogP contribution in [0.4, 0.5) is 15.2 Å². The number of nitrogens with one attached hydrogen (secondary N) is 1. The molecule has 1 aromatic heterocycles. The highest BCUT2D eigenvalue weighted by molar-refractivity contribution is 8.00. The van der Waals surface area contributed by atoms with Crippen LogP contribution in [0.3, 0.4) is 0 Å². The highest BCUT2D eigenvalue weighted by Crippen LogP contribution is 2.28. The van der Waals surface area contributed by atoms with E-state index in [1.165, 1.54) is 41.3 Å². The molecule has 8 heteroatoms. The maximum absolute atomic E-state index is 12.9. The lowest BCUT2D eigenvalue weighted by Gasteiger charge is -2.11. The van der Waals surface area contributed by atoms with Gasteiger partial charge >= 0.3 is 0 Å². The van der Waals surface area contributed by atoms with Crippen LogP contribution in [0.25, 0.3) is 6.08 Å². The lowest BCUT2D eigenvalue weighted by molar-refractivity contribution is -0.111. The van der Waals surface area contributed by atoms with E-state index in [0.717, 1.165) is 21.2 Å². The summed E-state index contributed by atoms with van der Waals surface area (Å²) >= 11 is 2.80. The van der Waals surface area contributed by atoms with E-state index in [1.807, 2.05) is 43.3 Å². The lowest BCUT2D eigenvalue weighted by atomic mass is 10.2. The number of benzene rings is 2. The zero-order valence-electron chi connectivity index (χ0n) is 15.4. The Morgan fingerprint density at radius 2 is 1.86 bits per heavy atom. The molecule has 0 aliphatic heterocycles. The standard InChI is InChI=1S/C20H19FN4OS2/c1-25(2)17-10-5-14(6-11-17)7-12-18(26)22-19-23-24-20(28-19)27-13-15-3-8-16(21)9-4-15/h3-12H,13H2,1-2H3,(H,22,23,26)/b12-7+. The second-order valence-electron chi connectivity index (χ2n) is 6.10. The van der Waals surface area contributed by atoms with E-state index >= 15 is 0 Å². The molecule has 0 fully saturated rings. The Bertz CT molecular complexity index is 953.